The summed E-state index contributed by atoms with van der Waals surface area (Å²) in [4.78, 5) is 15.8. The van der Waals surface area contributed by atoms with Crippen LogP contribution >= 0.6 is 0 Å². The van der Waals surface area contributed by atoms with Crippen molar-refractivity contribution in [2.24, 2.45) is 0 Å². The summed E-state index contributed by atoms with van der Waals surface area (Å²) in [5.74, 6) is -0.488. The molecule has 150 valence electrons. The third-order valence-electron chi connectivity index (χ3n) is 4.70. The fourth-order valence-electron chi connectivity index (χ4n) is 3.21. The lowest BCUT2D eigenvalue weighted by atomic mass is 9.92. The van der Waals surface area contributed by atoms with Crippen molar-refractivity contribution in [1.82, 2.24) is 10.3 Å². The zero-order chi connectivity index (χ0) is 20.1. The van der Waals surface area contributed by atoms with Gasteiger partial charge in [0.2, 0.25) is 11.8 Å². The summed E-state index contributed by atoms with van der Waals surface area (Å²) in [5.41, 5.74) is -0.466. The van der Waals surface area contributed by atoms with Gasteiger partial charge in [-0.15, -0.1) is 0 Å². The predicted octanol–water partition coefficient (Wildman–Crippen LogP) is 4.29. The van der Waals surface area contributed by atoms with Crippen LogP contribution in [0.4, 0.5) is 17.6 Å². The standard InChI is InChI=1S/C20H20F4N2O2/c21-17-4-2-1-3-13(17)11-18(27)26-15-6-8-16(9-7-15)28-19-10-5-14(12-25-19)20(22,23)24/h1-5,10,12,15-16H,6-9,11H2,(H,26,27). The van der Waals surface area contributed by atoms with Crippen LogP contribution in [0.2, 0.25) is 0 Å². The first-order chi connectivity index (χ1) is 13.3. The van der Waals surface area contributed by atoms with Crippen molar-refractivity contribution >= 4 is 5.91 Å². The van der Waals surface area contributed by atoms with Gasteiger partial charge in [-0.25, -0.2) is 9.37 Å². The van der Waals surface area contributed by atoms with E-state index >= 15 is 0 Å². The first-order valence-corrected chi connectivity index (χ1v) is 9.04. The number of carbonyl (C=O) groups is 1. The summed E-state index contributed by atoms with van der Waals surface area (Å²) in [6.07, 6.45) is -1.21. The molecule has 1 heterocycles. The van der Waals surface area contributed by atoms with Crippen LogP contribution in [-0.4, -0.2) is 23.0 Å². The molecule has 4 nitrogen and oxygen atoms in total. The lowest BCUT2D eigenvalue weighted by Crippen LogP contribution is -2.40. The zero-order valence-corrected chi connectivity index (χ0v) is 15.0. The van der Waals surface area contributed by atoms with Crippen molar-refractivity contribution < 1.29 is 27.1 Å². The number of aromatic nitrogens is 1. The van der Waals surface area contributed by atoms with Crippen LogP contribution in [0.3, 0.4) is 0 Å². The molecule has 0 radical (unpaired) electrons. The van der Waals surface area contributed by atoms with Crippen LogP contribution in [0.5, 0.6) is 5.88 Å². The normalized spacial score (nSPS) is 19.9. The number of carbonyl (C=O) groups excluding carboxylic acids is 1. The van der Waals surface area contributed by atoms with Crippen LogP contribution in [-0.2, 0) is 17.4 Å². The number of hydrogen-bond acceptors (Lipinski definition) is 3. The van der Waals surface area contributed by atoms with E-state index < -0.39 is 17.6 Å². The van der Waals surface area contributed by atoms with E-state index in [1.165, 1.54) is 12.1 Å². The highest BCUT2D eigenvalue weighted by molar-refractivity contribution is 5.78. The maximum Gasteiger partial charge on any atom is 0.417 e. The lowest BCUT2D eigenvalue weighted by molar-refractivity contribution is -0.137. The Morgan fingerprint density at radius 3 is 2.43 bits per heavy atom. The quantitative estimate of drug-likeness (QED) is 0.768. The largest absolute Gasteiger partial charge is 0.474 e. The van der Waals surface area contributed by atoms with Gasteiger partial charge in [0, 0.05) is 18.3 Å². The molecule has 1 aromatic heterocycles. The van der Waals surface area contributed by atoms with E-state index in [9.17, 15) is 22.4 Å². The summed E-state index contributed by atoms with van der Waals surface area (Å²) >= 11 is 0. The number of benzene rings is 1. The van der Waals surface area contributed by atoms with E-state index in [1.807, 2.05) is 0 Å². The van der Waals surface area contributed by atoms with E-state index in [0.717, 1.165) is 12.3 Å². The molecule has 0 spiro atoms. The molecule has 1 fully saturated rings. The van der Waals surface area contributed by atoms with Crippen LogP contribution in [0, 0.1) is 5.82 Å². The average molecular weight is 396 g/mol. The molecule has 1 aromatic carbocycles. The summed E-state index contributed by atoms with van der Waals surface area (Å²) in [5, 5.41) is 2.90. The second kappa shape index (κ2) is 8.58. The summed E-state index contributed by atoms with van der Waals surface area (Å²) in [7, 11) is 0. The molecule has 1 aliphatic carbocycles. The molecular weight excluding hydrogens is 376 g/mol. The van der Waals surface area contributed by atoms with Gasteiger partial charge in [0.15, 0.2) is 0 Å². The van der Waals surface area contributed by atoms with Crippen molar-refractivity contribution in [2.45, 2.75) is 50.4 Å². The molecule has 0 bridgehead atoms. The minimum Gasteiger partial charge on any atom is -0.474 e. The van der Waals surface area contributed by atoms with Crippen LogP contribution in [0.15, 0.2) is 42.6 Å². The number of ether oxygens (including phenoxy) is 1. The highest BCUT2D eigenvalue weighted by Gasteiger charge is 2.31. The second-order valence-electron chi connectivity index (χ2n) is 6.81. The monoisotopic (exact) mass is 396 g/mol. The third kappa shape index (κ3) is 5.43. The summed E-state index contributed by atoms with van der Waals surface area (Å²) in [6, 6.07) is 8.28. The van der Waals surface area contributed by atoms with Gasteiger partial charge in [0.05, 0.1) is 12.0 Å². The first-order valence-electron chi connectivity index (χ1n) is 9.04. The Morgan fingerprint density at radius 1 is 1.11 bits per heavy atom. The van der Waals surface area contributed by atoms with E-state index in [2.05, 4.69) is 10.3 Å². The van der Waals surface area contributed by atoms with Crippen LogP contribution < -0.4 is 10.1 Å². The maximum absolute atomic E-state index is 13.6. The minimum atomic E-state index is -4.43. The van der Waals surface area contributed by atoms with E-state index in [-0.39, 0.29) is 30.4 Å². The molecule has 1 amide bonds. The topological polar surface area (TPSA) is 51.2 Å². The Hall–Kier alpha value is -2.64. The number of amides is 1. The molecule has 0 atom stereocenters. The summed E-state index contributed by atoms with van der Waals surface area (Å²) in [6.45, 7) is 0. The molecule has 1 aliphatic rings. The molecule has 1 saturated carbocycles. The second-order valence-corrected chi connectivity index (χ2v) is 6.81. The Labute approximate surface area is 159 Å². The number of rotatable bonds is 5. The minimum absolute atomic E-state index is 0.0153. The van der Waals surface area contributed by atoms with Crippen molar-refractivity contribution in [3.63, 3.8) is 0 Å². The van der Waals surface area contributed by atoms with Gasteiger partial charge in [0.25, 0.3) is 0 Å². The highest BCUT2D eigenvalue weighted by atomic mass is 19.4. The molecule has 0 unspecified atom stereocenters. The van der Waals surface area contributed by atoms with Gasteiger partial charge in [-0.2, -0.15) is 13.2 Å². The van der Waals surface area contributed by atoms with Gasteiger partial charge in [-0.1, -0.05) is 18.2 Å². The number of pyridine rings is 1. The molecule has 28 heavy (non-hydrogen) atoms. The lowest BCUT2D eigenvalue weighted by Gasteiger charge is -2.29. The number of hydrogen-bond donors (Lipinski definition) is 1. The van der Waals surface area contributed by atoms with Crippen LogP contribution in [0.1, 0.15) is 36.8 Å². The summed E-state index contributed by atoms with van der Waals surface area (Å²) < 4.78 is 56.9. The molecule has 8 heteroatoms. The number of halogens is 4. The van der Waals surface area contributed by atoms with Gasteiger partial charge >= 0.3 is 6.18 Å². The Balaban J connectivity index is 1.44. The molecule has 3 rings (SSSR count). The van der Waals surface area contributed by atoms with E-state index in [4.69, 9.17) is 4.74 Å². The van der Waals surface area contributed by atoms with Gasteiger partial charge < -0.3 is 10.1 Å². The number of nitrogens with zero attached hydrogens (tertiary/aromatic N) is 1. The predicted molar refractivity (Wildman–Crippen MR) is 94.2 cm³/mol. The number of nitrogens with one attached hydrogen (secondary N) is 1. The highest BCUT2D eigenvalue weighted by Crippen LogP contribution is 2.30. The van der Waals surface area contributed by atoms with Crippen molar-refractivity contribution in [3.05, 3.63) is 59.5 Å². The molecule has 2 aromatic rings. The Morgan fingerprint density at radius 2 is 1.82 bits per heavy atom. The SMILES string of the molecule is O=C(Cc1ccccc1F)NC1CCC(Oc2ccc(C(F)(F)F)cn2)CC1. The number of alkyl halides is 3. The fraction of sp³-hybridized carbons (Fsp3) is 0.400. The zero-order valence-electron chi connectivity index (χ0n) is 15.0. The Bertz CT molecular complexity index is 801. The van der Waals surface area contributed by atoms with E-state index in [0.29, 0.717) is 31.2 Å². The van der Waals surface area contributed by atoms with Crippen molar-refractivity contribution in [2.75, 3.05) is 0 Å². The smallest absolute Gasteiger partial charge is 0.417 e. The molecular formula is C20H20F4N2O2. The molecule has 0 aliphatic heterocycles. The maximum atomic E-state index is 13.6. The van der Waals surface area contributed by atoms with Gasteiger partial charge in [-0.05, 0) is 43.4 Å². The Kier molecular flexibility index (Phi) is 6.16. The van der Waals surface area contributed by atoms with E-state index in [1.54, 1.807) is 18.2 Å². The first kappa shape index (κ1) is 20.1. The molecule has 0 saturated heterocycles. The molecule has 1 N–H and O–H groups in total. The van der Waals surface area contributed by atoms with Gasteiger partial charge in [-0.3, -0.25) is 4.79 Å². The third-order valence-corrected chi connectivity index (χ3v) is 4.70. The van der Waals surface area contributed by atoms with Crippen molar-refractivity contribution in [1.29, 1.82) is 0 Å². The van der Waals surface area contributed by atoms with Crippen molar-refractivity contribution in [3.8, 4) is 5.88 Å². The van der Waals surface area contributed by atoms with Crippen LogP contribution in [0.25, 0.3) is 0 Å². The van der Waals surface area contributed by atoms with Gasteiger partial charge in [0.1, 0.15) is 11.9 Å². The average Bonchev–Trinajstić information content (AvgIpc) is 2.65. The fourth-order valence-corrected chi connectivity index (χ4v) is 3.21.